The van der Waals surface area contributed by atoms with E-state index in [0.29, 0.717) is 0 Å². The normalized spacial score (nSPS) is 11.7. The zero-order chi connectivity index (χ0) is 35.6. The summed E-state index contributed by atoms with van der Waals surface area (Å²) in [5.74, 6) is 0. The summed E-state index contributed by atoms with van der Waals surface area (Å²) in [7, 11) is 0. The van der Waals surface area contributed by atoms with Gasteiger partial charge in [0.15, 0.2) is 0 Å². The van der Waals surface area contributed by atoms with Crippen molar-refractivity contribution in [1.29, 1.82) is 0 Å². The molecule has 252 valence electrons. The van der Waals surface area contributed by atoms with E-state index in [2.05, 4.69) is 205 Å². The van der Waals surface area contributed by atoms with Gasteiger partial charge in [-0.15, -0.1) is 11.3 Å². The lowest BCUT2D eigenvalue weighted by Gasteiger charge is -2.28. The number of benzene rings is 10. The first-order chi connectivity index (χ1) is 26.8. The molecule has 0 N–H and O–H groups in total. The van der Waals surface area contributed by atoms with Crippen molar-refractivity contribution in [3.8, 4) is 22.3 Å². The van der Waals surface area contributed by atoms with E-state index in [9.17, 15) is 0 Å². The zero-order valence-corrected chi connectivity index (χ0v) is 30.2. The number of rotatable bonds is 5. The van der Waals surface area contributed by atoms with Gasteiger partial charge in [0.1, 0.15) is 0 Å². The van der Waals surface area contributed by atoms with Gasteiger partial charge >= 0.3 is 0 Å². The maximum atomic E-state index is 2.44. The van der Waals surface area contributed by atoms with Crippen molar-refractivity contribution < 1.29 is 0 Å². The summed E-state index contributed by atoms with van der Waals surface area (Å²) in [6.07, 6.45) is 0. The molecule has 0 saturated carbocycles. The molecule has 0 amide bonds. The van der Waals surface area contributed by atoms with Crippen molar-refractivity contribution in [3.05, 3.63) is 200 Å². The van der Waals surface area contributed by atoms with Crippen molar-refractivity contribution in [1.82, 2.24) is 0 Å². The smallest absolute Gasteiger partial charge is 0.0554 e. The molecule has 0 aliphatic rings. The number of nitrogens with zero attached hydrogens (tertiary/aromatic N) is 1. The molecule has 0 radical (unpaired) electrons. The van der Waals surface area contributed by atoms with E-state index < -0.39 is 0 Å². The highest BCUT2D eigenvalue weighted by Crippen LogP contribution is 2.47. The third kappa shape index (κ3) is 4.99. The van der Waals surface area contributed by atoms with Crippen molar-refractivity contribution in [3.63, 3.8) is 0 Å². The van der Waals surface area contributed by atoms with Crippen LogP contribution in [0.4, 0.5) is 17.1 Å². The van der Waals surface area contributed by atoms with Crippen molar-refractivity contribution >= 4 is 91.7 Å². The molecule has 54 heavy (non-hydrogen) atoms. The van der Waals surface area contributed by atoms with Crippen molar-refractivity contribution in [2.24, 2.45) is 0 Å². The van der Waals surface area contributed by atoms with Gasteiger partial charge in [-0.25, -0.2) is 0 Å². The first-order valence-corrected chi connectivity index (χ1v) is 19.3. The number of anilines is 3. The molecule has 10 aromatic carbocycles. The predicted molar refractivity (Wildman–Crippen MR) is 235 cm³/mol. The molecule has 11 rings (SSSR count). The van der Waals surface area contributed by atoms with Crippen LogP contribution in [0.3, 0.4) is 0 Å². The molecule has 1 aromatic heterocycles. The number of hydrogen-bond acceptors (Lipinski definition) is 2. The largest absolute Gasteiger partial charge is 0.310 e. The van der Waals surface area contributed by atoms with Gasteiger partial charge in [0, 0.05) is 36.9 Å². The molecule has 0 fully saturated rings. The minimum atomic E-state index is 1.12. The summed E-state index contributed by atoms with van der Waals surface area (Å²) >= 11 is 1.87. The second kappa shape index (κ2) is 12.4. The lowest BCUT2D eigenvalue weighted by Crippen LogP contribution is -2.10. The van der Waals surface area contributed by atoms with E-state index in [0.717, 1.165) is 11.4 Å². The van der Waals surface area contributed by atoms with Gasteiger partial charge in [-0.3, -0.25) is 0 Å². The Morgan fingerprint density at radius 1 is 0.296 bits per heavy atom. The Morgan fingerprint density at radius 3 is 1.76 bits per heavy atom. The topological polar surface area (TPSA) is 3.24 Å². The standard InChI is InChI=1S/C52H33NS/c1-2-11-34(12-3-1)38-14-10-15-42(32-38)53(48-33-50-52(46-18-7-6-17-45(46)48)47-19-8-9-20-49(47)54-50)41-28-25-35(26-29-41)39-27-30-44-40(31-39)24-23-37-22-21-36-13-4-5-16-43(36)51(37)44/h1-33H. The SMILES string of the molecule is c1ccc(-c2cccc(N(c3ccc(-c4ccc5c(ccc6ccc7ccccc7c65)c4)cc3)c3cc4sc5ccccc5c4c4ccccc34)c2)cc1. The molecule has 0 saturated heterocycles. The summed E-state index contributed by atoms with van der Waals surface area (Å²) in [4.78, 5) is 2.44. The first kappa shape index (κ1) is 30.8. The molecule has 0 aliphatic heterocycles. The van der Waals surface area contributed by atoms with Gasteiger partial charge in [-0.1, -0.05) is 158 Å². The second-order valence-corrected chi connectivity index (χ2v) is 15.2. The van der Waals surface area contributed by atoms with Crippen LogP contribution in [0.2, 0.25) is 0 Å². The molecular weight excluding hydrogens is 671 g/mol. The van der Waals surface area contributed by atoms with Gasteiger partial charge in [-0.2, -0.15) is 0 Å². The minimum absolute atomic E-state index is 1.12. The fourth-order valence-corrected chi connectivity index (χ4v) is 9.61. The summed E-state index contributed by atoms with van der Waals surface area (Å²) < 4.78 is 2.61. The molecule has 1 nitrogen and oxygen atoms in total. The van der Waals surface area contributed by atoms with Crippen LogP contribution in [0.25, 0.3) is 85.5 Å². The van der Waals surface area contributed by atoms with Gasteiger partial charge in [0.2, 0.25) is 0 Å². The predicted octanol–water partition coefficient (Wildman–Crippen LogP) is 15.5. The van der Waals surface area contributed by atoms with Gasteiger partial charge in [0.25, 0.3) is 0 Å². The van der Waals surface area contributed by atoms with E-state index in [4.69, 9.17) is 0 Å². The molecule has 0 spiro atoms. The van der Waals surface area contributed by atoms with Crippen LogP contribution in [-0.2, 0) is 0 Å². The third-order valence-electron chi connectivity index (χ3n) is 11.0. The molecule has 0 aliphatic carbocycles. The Hall–Kier alpha value is -6.74. The van der Waals surface area contributed by atoms with E-state index in [-0.39, 0.29) is 0 Å². The summed E-state index contributed by atoms with van der Waals surface area (Å²) in [6, 6.07) is 73.5. The van der Waals surface area contributed by atoms with Crippen molar-refractivity contribution in [2.45, 2.75) is 0 Å². The third-order valence-corrected chi connectivity index (χ3v) is 12.1. The Labute approximate surface area is 317 Å². The van der Waals surface area contributed by atoms with Crippen LogP contribution in [-0.4, -0.2) is 0 Å². The zero-order valence-electron chi connectivity index (χ0n) is 29.4. The summed E-state index contributed by atoms with van der Waals surface area (Å²) in [6.45, 7) is 0. The van der Waals surface area contributed by atoms with Crippen LogP contribution in [0, 0.1) is 0 Å². The average Bonchev–Trinajstić information content (AvgIpc) is 3.63. The molecule has 0 bridgehead atoms. The first-order valence-electron chi connectivity index (χ1n) is 18.5. The number of hydrogen-bond donors (Lipinski definition) is 0. The Kier molecular flexibility index (Phi) is 7.11. The maximum absolute atomic E-state index is 2.44. The Morgan fingerprint density at radius 2 is 0.907 bits per heavy atom. The molecule has 0 unspecified atom stereocenters. The number of fused-ring (bicyclic) bond motifs is 10. The minimum Gasteiger partial charge on any atom is -0.310 e. The lowest BCUT2D eigenvalue weighted by molar-refractivity contribution is 1.30. The molecule has 0 atom stereocenters. The molecule has 11 aromatic rings. The van der Waals surface area contributed by atoms with Crippen LogP contribution in [0.5, 0.6) is 0 Å². The quantitative estimate of drug-likeness (QED) is 0.161. The lowest BCUT2D eigenvalue weighted by atomic mass is 9.94. The molecule has 1 heterocycles. The summed E-state index contributed by atoms with van der Waals surface area (Å²) in [5.41, 5.74) is 8.22. The monoisotopic (exact) mass is 703 g/mol. The maximum Gasteiger partial charge on any atom is 0.0554 e. The average molecular weight is 704 g/mol. The highest BCUT2D eigenvalue weighted by molar-refractivity contribution is 7.26. The van der Waals surface area contributed by atoms with Crippen molar-refractivity contribution in [2.75, 3.05) is 4.90 Å². The fourth-order valence-electron chi connectivity index (χ4n) is 8.46. The van der Waals surface area contributed by atoms with Gasteiger partial charge in [-0.05, 0) is 102 Å². The fraction of sp³-hybridized carbons (Fsp3) is 0. The molecular formula is C52H33NS. The highest BCUT2D eigenvalue weighted by atomic mass is 32.1. The summed E-state index contributed by atoms with van der Waals surface area (Å²) in [5, 5.41) is 12.9. The van der Waals surface area contributed by atoms with E-state index in [1.807, 2.05) is 11.3 Å². The van der Waals surface area contributed by atoms with Gasteiger partial charge in [0.05, 0.1) is 5.69 Å². The molecule has 2 heteroatoms. The Balaban J connectivity index is 1.08. The Bertz CT molecular complexity index is 3210. The van der Waals surface area contributed by atoms with Crippen LogP contribution in [0.1, 0.15) is 0 Å². The van der Waals surface area contributed by atoms with Crippen LogP contribution in [0.15, 0.2) is 200 Å². The van der Waals surface area contributed by atoms with E-state index in [1.165, 1.54) is 91.2 Å². The highest BCUT2D eigenvalue weighted by Gasteiger charge is 2.20. The van der Waals surface area contributed by atoms with E-state index in [1.54, 1.807) is 0 Å². The van der Waals surface area contributed by atoms with Crippen LogP contribution >= 0.6 is 11.3 Å². The van der Waals surface area contributed by atoms with E-state index >= 15 is 0 Å². The number of thiophene rings is 1. The van der Waals surface area contributed by atoms with Gasteiger partial charge < -0.3 is 4.90 Å². The van der Waals surface area contributed by atoms with Crippen LogP contribution < -0.4 is 4.90 Å². The second-order valence-electron chi connectivity index (χ2n) is 14.1.